The zero-order valence-corrected chi connectivity index (χ0v) is 9.46. The van der Waals surface area contributed by atoms with Crippen LogP contribution in [0.4, 0.5) is 5.82 Å². The van der Waals surface area contributed by atoms with Gasteiger partial charge in [-0.15, -0.1) is 0 Å². The zero-order valence-electron chi connectivity index (χ0n) is 7.87. The Hall–Kier alpha value is -1.56. The van der Waals surface area contributed by atoms with Crippen molar-refractivity contribution in [3.8, 4) is 0 Å². The number of anilines is 1. The largest absolute Gasteiger partial charge is 0.465 e. The molecule has 0 unspecified atom stereocenters. The Kier molecular flexibility index (Phi) is 2.36. The molecular weight excluding hydrogens is 262 g/mol. The maximum Gasteiger partial charge on any atom is 0.340 e. The number of fused-ring (bicyclic) bond motifs is 1. The van der Waals surface area contributed by atoms with E-state index >= 15 is 0 Å². The van der Waals surface area contributed by atoms with Crippen LogP contribution in [0.25, 0.3) is 10.9 Å². The number of hydrogen-bond acceptors (Lipinski definition) is 4. The molecule has 0 radical (unpaired) electrons. The summed E-state index contributed by atoms with van der Waals surface area (Å²) in [5, 5.41) is 7.24. The van der Waals surface area contributed by atoms with Gasteiger partial charge in [0.2, 0.25) is 0 Å². The van der Waals surface area contributed by atoms with Crippen molar-refractivity contribution in [2.45, 2.75) is 0 Å². The number of aromatic amines is 1. The van der Waals surface area contributed by atoms with Crippen molar-refractivity contribution in [1.82, 2.24) is 10.2 Å². The minimum atomic E-state index is -0.426. The number of nitrogen functional groups attached to an aromatic ring is 1. The zero-order chi connectivity index (χ0) is 11.0. The predicted octanol–water partition coefficient (Wildman–Crippen LogP) is 1.69. The van der Waals surface area contributed by atoms with Gasteiger partial charge in [0.15, 0.2) is 5.82 Å². The lowest BCUT2D eigenvalue weighted by Gasteiger charge is -2.01. The van der Waals surface area contributed by atoms with E-state index in [1.807, 2.05) is 0 Å². The van der Waals surface area contributed by atoms with Crippen LogP contribution in [-0.4, -0.2) is 23.3 Å². The second-order valence-electron chi connectivity index (χ2n) is 2.98. The highest BCUT2D eigenvalue weighted by Gasteiger charge is 2.15. The molecule has 0 saturated heterocycles. The number of rotatable bonds is 1. The number of esters is 1. The second kappa shape index (κ2) is 3.54. The molecule has 5 nitrogen and oxygen atoms in total. The molecule has 0 aliphatic rings. The number of hydrogen-bond donors (Lipinski definition) is 2. The summed E-state index contributed by atoms with van der Waals surface area (Å²) < 4.78 is 5.41. The van der Waals surface area contributed by atoms with Crippen LogP contribution in [0, 0.1) is 0 Å². The number of benzene rings is 1. The molecule has 3 N–H and O–H groups in total. The molecule has 0 aliphatic heterocycles. The highest BCUT2D eigenvalue weighted by atomic mass is 79.9. The van der Waals surface area contributed by atoms with E-state index in [4.69, 9.17) is 5.73 Å². The van der Waals surface area contributed by atoms with Crippen molar-refractivity contribution in [2.24, 2.45) is 0 Å². The fourth-order valence-corrected chi connectivity index (χ4v) is 1.83. The van der Waals surface area contributed by atoms with Crippen molar-refractivity contribution in [2.75, 3.05) is 12.8 Å². The number of methoxy groups -OCH3 is 1. The lowest BCUT2D eigenvalue weighted by molar-refractivity contribution is 0.0602. The molecule has 0 fully saturated rings. The normalized spacial score (nSPS) is 10.5. The summed E-state index contributed by atoms with van der Waals surface area (Å²) in [5.74, 6) is -0.0681. The van der Waals surface area contributed by atoms with E-state index in [1.54, 1.807) is 12.1 Å². The lowest BCUT2D eigenvalue weighted by Crippen LogP contribution is -2.02. The van der Waals surface area contributed by atoms with E-state index in [9.17, 15) is 4.79 Å². The second-order valence-corrected chi connectivity index (χ2v) is 3.89. The summed E-state index contributed by atoms with van der Waals surface area (Å²) in [7, 11) is 1.33. The third-order valence-electron chi connectivity index (χ3n) is 2.07. The Labute approximate surface area is 93.7 Å². The summed E-state index contributed by atoms with van der Waals surface area (Å²) in [6.07, 6.45) is 0. The summed E-state index contributed by atoms with van der Waals surface area (Å²) in [5.41, 5.74) is 6.63. The van der Waals surface area contributed by atoms with Crippen molar-refractivity contribution in [1.29, 1.82) is 0 Å². The van der Waals surface area contributed by atoms with Crippen molar-refractivity contribution in [3.05, 3.63) is 22.2 Å². The van der Waals surface area contributed by atoms with Gasteiger partial charge in [0.05, 0.1) is 18.2 Å². The standard InChI is InChI=1S/C9H8BrN3O2/c1-15-9(14)6-3-4(10)2-5-7(6)12-13-8(5)11/h2-3H,1H3,(H3,11,12,13). The van der Waals surface area contributed by atoms with Gasteiger partial charge in [-0.3, -0.25) is 5.10 Å². The van der Waals surface area contributed by atoms with Crippen molar-refractivity contribution in [3.63, 3.8) is 0 Å². The topological polar surface area (TPSA) is 81.0 Å². The van der Waals surface area contributed by atoms with Gasteiger partial charge in [0, 0.05) is 9.86 Å². The van der Waals surface area contributed by atoms with Crippen LogP contribution < -0.4 is 5.73 Å². The quantitative estimate of drug-likeness (QED) is 0.773. The molecule has 0 aliphatic carbocycles. The molecule has 0 spiro atoms. The summed E-state index contributed by atoms with van der Waals surface area (Å²) >= 11 is 3.29. The highest BCUT2D eigenvalue weighted by molar-refractivity contribution is 9.10. The first-order valence-electron chi connectivity index (χ1n) is 4.15. The number of H-pyrrole nitrogens is 1. The predicted molar refractivity (Wildman–Crippen MR) is 59.5 cm³/mol. The van der Waals surface area contributed by atoms with Gasteiger partial charge in [-0.25, -0.2) is 4.79 Å². The molecule has 2 rings (SSSR count). The minimum absolute atomic E-state index is 0.358. The van der Waals surface area contributed by atoms with Crippen molar-refractivity contribution < 1.29 is 9.53 Å². The number of aromatic nitrogens is 2. The summed E-state index contributed by atoms with van der Waals surface area (Å²) in [4.78, 5) is 11.5. The summed E-state index contributed by atoms with van der Waals surface area (Å²) in [6, 6.07) is 3.45. The SMILES string of the molecule is COC(=O)c1cc(Br)cc2c(N)n[nH]c12. The first kappa shape index (κ1) is 9.97. The number of ether oxygens (including phenoxy) is 1. The number of carbonyl (C=O) groups excluding carboxylic acids is 1. The van der Waals surface area contributed by atoms with Gasteiger partial charge < -0.3 is 10.5 Å². The minimum Gasteiger partial charge on any atom is -0.465 e. The molecular formula is C9H8BrN3O2. The van der Waals surface area contributed by atoms with Crippen LogP contribution in [0.2, 0.25) is 0 Å². The average Bonchev–Trinajstić information content (AvgIpc) is 2.58. The Balaban J connectivity index is 2.78. The number of halogens is 1. The van der Waals surface area contributed by atoms with Gasteiger partial charge in [-0.05, 0) is 12.1 Å². The molecule has 2 aromatic rings. The van der Waals surface area contributed by atoms with E-state index in [1.165, 1.54) is 7.11 Å². The molecule has 1 aromatic carbocycles. The molecule has 0 amide bonds. The van der Waals surface area contributed by atoms with Crippen LogP contribution in [0.1, 0.15) is 10.4 Å². The maximum absolute atomic E-state index is 11.5. The van der Waals surface area contributed by atoms with Gasteiger partial charge in [-0.1, -0.05) is 15.9 Å². The molecule has 1 aromatic heterocycles. The number of nitrogens with two attached hydrogens (primary N) is 1. The number of carbonyl (C=O) groups is 1. The molecule has 0 saturated carbocycles. The van der Waals surface area contributed by atoms with Gasteiger partial charge in [0.25, 0.3) is 0 Å². The molecule has 0 atom stereocenters. The van der Waals surface area contributed by atoms with E-state index < -0.39 is 5.97 Å². The molecule has 78 valence electrons. The van der Waals surface area contributed by atoms with Crippen molar-refractivity contribution >= 4 is 38.6 Å². The highest BCUT2D eigenvalue weighted by Crippen LogP contribution is 2.26. The summed E-state index contributed by atoms with van der Waals surface area (Å²) in [6.45, 7) is 0. The first-order valence-corrected chi connectivity index (χ1v) is 4.94. The van der Waals surface area contributed by atoms with Crippen LogP contribution in [0.15, 0.2) is 16.6 Å². The van der Waals surface area contributed by atoms with E-state index in [-0.39, 0.29) is 0 Å². The monoisotopic (exact) mass is 269 g/mol. The average molecular weight is 270 g/mol. The van der Waals surface area contributed by atoms with Crippen LogP contribution in [0.5, 0.6) is 0 Å². The van der Waals surface area contributed by atoms with Gasteiger partial charge in [0.1, 0.15) is 0 Å². The van der Waals surface area contributed by atoms with Crippen LogP contribution in [-0.2, 0) is 4.74 Å². The van der Waals surface area contributed by atoms with E-state index in [2.05, 4.69) is 30.9 Å². The number of nitrogens with zero attached hydrogens (tertiary/aromatic N) is 1. The first-order chi connectivity index (χ1) is 7.13. The van der Waals surface area contributed by atoms with E-state index in [0.29, 0.717) is 22.3 Å². The van der Waals surface area contributed by atoms with Crippen LogP contribution >= 0.6 is 15.9 Å². The third-order valence-corrected chi connectivity index (χ3v) is 2.53. The van der Waals surface area contributed by atoms with Crippen LogP contribution in [0.3, 0.4) is 0 Å². The fraction of sp³-hybridized carbons (Fsp3) is 0.111. The lowest BCUT2D eigenvalue weighted by atomic mass is 10.1. The molecule has 15 heavy (non-hydrogen) atoms. The fourth-order valence-electron chi connectivity index (χ4n) is 1.38. The maximum atomic E-state index is 11.5. The van der Waals surface area contributed by atoms with Gasteiger partial charge >= 0.3 is 5.97 Å². The third kappa shape index (κ3) is 1.56. The van der Waals surface area contributed by atoms with Gasteiger partial charge in [-0.2, -0.15) is 5.10 Å². The smallest absolute Gasteiger partial charge is 0.340 e. The number of nitrogens with one attached hydrogen (secondary N) is 1. The molecule has 6 heteroatoms. The molecule has 1 heterocycles. The Morgan fingerprint density at radius 3 is 3.00 bits per heavy atom. The van der Waals surface area contributed by atoms with E-state index in [0.717, 1.165) is 4.47 Å². The Morgan fingerprint density at radius 2 is 2.33 bits per heavy atom. The molecule has 0 bridgehead atoms. The Bertz CT molecular complexity index is 535. The Morgan fingerprint density at radius 1 is 1.60 bits per heavy atom.